The Morgan fingerprint density at radius 3 is 2.44 bits per heavy atom. The van der Waals surface area contributed by atoms with Crippen LogP contribution in [0.15, 0.2) is 64.5 Å². The van der Waals surface area contributed by atoms with Gasteiger partial charge < -0.3 is 5.73 Å². The van der Waals surface area contributed by atoms with Gasteiger partial charge in [-0.15, -0.1) is 0 Å². The molecule has 0 radical (unpaired) electrons. The average molecular weight is 357 g/mol. The van der Waals surface area contributed by atoms with Gasteiger partial charge in [-0.25, -0.2) is 13.4 Å². The van der Waals surface area contributed by atoms with Crippen LogP contribution in [0, 0.1) is 0 Å². The molecule has 0 bridgehead atoms. The second kappa shape index (κ2) is 6.61. The Bertz CT molecular complexity index is 890. The molecule has 5 nitrogen and oxygen atoms in total. The monoisotopic (exact) mass is 357 g/mol. The van der Waals surface area contributed by atoms with Crippen LogP contribution in [-0.2, 0) is 16.3 Å². The number of aliphatic imine (C=N–C) groups is 1. The van der Waals surface area contributed by atoms with Crippen LogP contribution in [-0.4, -0.2) is 19.2 Å². The fourth-order valence-corrected chi connectivity index (χ4v) is 5.35. The summed E-state index contributed by atoms with van der Waals surface area (Å²) in [6, 6.07) is 16.1. The van der Waals surface area contributed by atoms with E-state index in [0.717, 1.165) is 24.0 Å². The highest BCUT2D eigenvalue weighted by atomic mass is 32.2. The summed E-state index contributed by atoms with van der Waals surface area (Å²) in [6.45, 7) is 1.57. The zero-order valence-electron chi connectivity index (χ0n) is 14.2. The predicted octanol–water partition coefficient (Wildman–Crippen LogP) is 2.57. The Labute approximate surface area is 148 Å². The highest BCUT2D eigenvalue weighted by Crippen LogP contribution is 2.43. The summed E-state index contributed by atoms with van der Waals surface area (Å²) in [5.74, 6) is -0.286. The van der Waals surface area contributed by atoms with E-state index in [1.54, 1.807) is 37.3 Å². The fraction of sp³-hybridized carbons (Fsp3) is 0.316. The van der Waals surface area contributed by atoms with Gasteiger partial charge in [-0.2, -0.15) is 0 Å². The molecule has 0 saturated heterocycles. The SMILES string of the molecule is CC(N)=NC(N)(C1CCCc2ccccc21)S(=O)(=O)c1ccccc1. The normalized spacial score (nSPS) is 20.6. The van der Waals surface area contributed by atoms with Gasteiger partial charge in [0.25, 0.3) is 0 Å². The average Bonchev–Trinajstić information content (AvgIpc) is 2.61. The molecule has 1 aliphatic carbocycles. The molecule has 2 atom stereocenters. The quantitative estimate of drug-likeness (QED) is 0.649. The van der Waals surface area contributed by atoms with E-state index in [0.29, 0.717) is 6.42 Å². The lowest BCUT2D eigenvalue weighted by atomic mass is 9.81. The lowest BCUT2D eigenvalue weighted by molar-refractivity contribution is 0.410. The summed E-state index contributed by atoms with van der Waals surface area (Å²) in [5, 5.41) is 0. The van der Waals surface area contributed by atoms with Gasteiger partial charge in [0.2, 0.25) is 14.8 Å². The van der Waals surface area contributed by atoms with E-state index >= 15 is 0 Å². The van der Waals surface area contributed by atoms with E-state index < -0.39 is 20.8 Å². The minimum atomic E-state index is -3.93. The van der Waals surface area contributed by atoms with Crippen molar-refractivity contribution in [3.8, 4) is 0 Å². The molecule has 0 spiro atoms. The minimum absolute atomic E-state index is 0.157. The molecule has 3 rings (SSSR count). The molecule has 2 unspecified atom stereocenters. The first-order valence-electron chi connectivity index (χ1n) is 8.34. The standard InChI is InChI=1S/C19H23N3O2S/c1-14(20)22-19(21,25(23,24)16-10-3-2-4-11-16)18-13-7-9-15-8-5-6-12-17(15)18/h2-6,8,10-12,18H,7,9,13,21H2,1H3,(H2,20,22). The van der Waals surface area contributed by atoms with Crippen LogP contribution in [0.5, 0.6) is 0 Å². The minimum Gasteiger partial charge on any atom is -0.388 e. The van der Waals surface area contributed by atoms with Crippen molar-refractivity contribution in [2.24, 2.45) is 16.5 Å². The van der Waals surface area contributed by atoms with E-state index in [-0.39, 0.29) is 10.7 Å². The number of nitrogens with two attached hydrogens (primary N) is 2. The zero-order valence-corrected chi connectivity index (χ0v) is 15.0. The molecule has 0 aromatic heterocycles. The van der Waals surface area contributed by atoms with Crippen molar-refractivity contribution in [1.29, 1.82) is 0 Å². The molecule has 0 heterocycles. The lowest BCUT2D eigenvalue weighted by Crippen LogP contribution is -2.53. The van der Waals surface area contributed by atoms with Crippen molar-refractivity contribution in [2.45, 2.75) is 42.0 Å². The number of amidine groups is 1. The molecule has 4 N–H and O–H groups in total. The summed E-state index contributed by atoms with van der Waals surface area (Å²) in [7, 11) is -3.93. The first-order chi connectivity index (χ1) is 11.9. The van der Waals surface area contributed by atoms with Gasteiger partial charge in [-0.1, -0.05) is 42.5 Å². The first kappa shape index (κ1) is 17.6. The Balaban J connectivity index is 2.21. The second-order valence-corrected chi connectivity index (χ2v) is 8.60. The van der Waals surface area contributed by atoms with Gasteiger partial charge in [-0.3, -0.25) is 5.73 Å². The summed E-state index contributed by atoms with van der Waals surface area (Å²) < 4.78 is 26.8. The van der Waals surface area contributed by atoms with E-state index in [1.165, 1.54) is 0 Å². The van der Waals surface area contributed by atoms with Gasteiger partial charge in [0, 0.05) is 5.92 Å². The fourth-order valence-electron chi connectivity index (χ4n) is 3.57. The lowest BCUT2D eigenvalue weighted by Gasteiger charge is -2.37. The van der Waals surface area contributed by atoms with Crippen LogP contribution in [0.25, 0.3) is 0 Å². The molecule has 6 heteroatoms. The van der Waals surface area contributed by atoms with Crippen molar-refractivity contribution in [3.05, 3.63) is 65.7 Å². The third-order valence-electron chi connectivity index (χ3n) is 4.70. The van der Waals surface area contributed by atoms with E-state index in [2.05, 4.69) is 4.99 Å². The summed E-state index contributed by atoms with van der Waals surface area (Å²) in [4.78, 5) is 2.59. The molecular formula is C19H23N3O2S. The molecule has 0 fully saturated rings. The van der Waals surface area contributed by atoms with Crippen LogP contribution in [0.4, 0.5) is 0 Å². The molecule has 1 aliphatic rings. The molecule has 2 aromatic rings. The number of hydrogen-bond acceptors (Lipinski definition) is 4. The van der Waals surface area contributed by atoms with E-state index in [1.807, 2.05) is 24.3 Å². The molecule has 132 valence electrons. The van der Waals surface area contributed by atoms with E-state index in [9.17, 15) is 8.42 Å². The highest BCUT2D eigenvalue weighted by Gasteiger charge is 2.49. The summed E-state index contributed by atoms with van der Waals surface area (Å²) in [5.41, 5.74) is 14.4. The molecule has 0 saturated carbocycles. The van der Waals surface area contributed by atoms with Crippen LogP contribution < -0.4 is 11.5 Å². The maximum Gasteiger partial charge on any atom is 0.223 e. The molecular weight excluding hydrogens is 334 g/mol. The number of sulfone groups is 1. The Kier molecular flexibility index (Phi) is 4.67. The third-order valence-corrected chi connectivity index (χ3v) is 6.83. The van der Waals surface area contributed by atoms with E-state index in [4.69, 9.17) is 11.5 Å². The Morgan fingerprint density at radius 1 is 1.12 bits per heavy atom. The summed E-state index contributed by atoms with van der Waals surface area (Å²) in [6.07, 6.45) is 2.43. The van der Waals surface area contributed by atoms with Crippen molar-refractivity contribution in [2.75, 3.05) is 0 Å². The smallest absolute Gasteiger partial charge is 0.223 e. The van der Waals surface area contributed by atoms with Crippen LogP contribution in [0.2, 0.25) is 0 Å². The Hall–Kier alpha value is -2.18. The van der Waals surface area contributed by atoms with Crippen molar-refractivity contribution in [3.63, 3.8) is 0 Å². The maximum absolute atomic E-state index is 13.4. The largest absolute Gasteiger partial charge is 0.388 e. The van der Waals surface area contributed by atoms with Crippen LogP contribution >= 0.6 is 0 Å². The predicted molar refractivity (Wildman–Crippen MR) is 100.0 cm³/mol. The van der Waals surface area contributed by atoms with Crippen molar-refractivity contribution in [1.82, 2.24) is 0 Å². The maximum atomic E-state index is 13.4. The van der Waals surface area contributed by atoms with Gasteiger partial charge in [0.1, 0.15) is 0 Å². The van der Waals surface area contributed by atoms with Crippen molar-refractivity contribution >= 4 is 15.7 Å². The number of aryl methyl sites for hydroxylation is 1. The Morgan fingerprint density at radius 2 is 1.76 bits per heavy atom. The molecule has 0 amide bonds. The van der Waals surface area contributed by atoms with Gasteiger partial charge in [0.05, 0.1) is 10.7 Å². The van der Waals surface area contributed by atoms with Gasteiger partial charge >= 0.3 is 0 Å². The van der Waals surface area contributed by atoms with Gasteiger partial charge in [-0.05, 0) is 49.4 Å². The first-order valence-corrected chi connectivity index (χ1v) is 9.83. The number of hydrogen-bond donors (Lipinski definition) is 2. The number of benzene rings is 2. The topological polar surface area (TPSA) is 98.5 Å². The van der Waals surface area contributed by atoms with Crippen LogP contribution in [0.1, 0.15) is 36.8 Å². The van der Waals surface area contributed by atoms with Crippen molar-refractivity contribution < 1.29 is 8.42 Å². The highest BCUT2D eigenvalue weighted by molar-refractivity contribution is 7.92. The number of fused-ring (bicyclic) bond motifs is 1. The van der Waals surface area contributed by atoms with Gasteiger partial charge in [0.15, 0.2) is 0 Å². The number of rotatable bonds is 4. The van der Waals surface area contributed by atoms with Crippen LogP contribution in [0.3, 0.4) is 0 Å². The second-order valence-electron chi connectivity index (χ2n) is 6.47. The zero-order chi connectivity index (χ0) is 18.1. The molecule has 2 aromatic carbocycles. The number of nitrogens with zero attached hydrogens (tertiary/aromatic N) is 1. The summed E-state index contributed by atoms with van der Waals surface area (Å²) >= 11 is 0. The molecule has 25 heavy (non-hydrogen) atoms. The molecule has 0 aliphatic heterocycles. The third kappa shape index (κ3) is 3.07.